The molecule has 0 saturated carbocycles. The van der Waals surface area contributed by atoms with Crippen molar-refractivity contribution in [3.8, 4) is 0 Å². The number of fused-ring (bicyclic) bond motifs is 3. The van der Waals surface area contributed by atoms with Gasteiger partial charge in [-0.15, -0.1) is 0 Å². The van der Waals surface area contributed by atoms with Crippen molar-refractivity contribution in [1.82, 2.24) is 0 Å². The number of hydrogen-bond donors (Lipinski definition) is 0. The van der Waals surface area contributed by atoms with Crippen molar-refractivity contribution >= 4 is 17.6 Å². The predicted molar refractivity (Wildman–Crippen MR) is 81.8 cm³/mol. The van der Waals surface area contributed by atoms with Crippen molar-refractivity contribution in [1.29, 1.82) is 0 Å². The molecule has 2 aliphatic rings. The first-order valence-corrected chi connectivity index (χ1v) is 7.88. The van der Waals surface area contributed by atoms with Crippen molar-refractivity contribution in [2.45, 2.75) is 38.1 Å². The molecule has 0 bridgehead atoms. The van der Waals surface area contributed by atoms with Gasteiger partial charge in [-0.05, 0) is 32.8 Å². The second-order valence-corrected chi connectivity index (χ2v) is 5.62. The molecule has 0 N–H and O–H groups in total. The molecule has 5 heteroatoms. The van der Waals surface area contributed by atoms with E-state index >= 15 is 0 Å². The number of carbonyl (C=O) groups is 2. The average Bonchev–Trinajstić information content (AvgIpc) is 3.07. The Morgan fingerprint density at radius 2 is 1.82 bits per heavy atom. The van der Waals surface area contributed by atoms with Gasteiger partial charge >= 0.3 is 11.9 Å². The first-order chi connectivity index (χ1) is 10.7. The first-order valence-electron chi connectivity index (χ1n) is 7.88. The van der Waals surface area contributed by atoms with Gasteiger partial charge in [-0.3, -0.25) is 9.59 Å². The van der Waals surface area contributed by atoms with E-state index in [1.54, 1.807) is 13.8 Å². The zero-order valence-corrected chi connectivity index (χ0v) is 13.0. The average molecular weight is 303 g/mol. The minimum absolute atomic E-state index is 0.206. The Labute approximate surface area is 130 Å². The zero-order valence-electron chi connectivity index (χ0n) is 13.0. The van der Waals surface area contributed by atoms with Crippen molar-refractivity contribution in [3.63, 3.8) is 0 Å². The van der Waals surface area contributed by atoms with Crippen LogP contribution in [-0.4, -0.2) is 37.7 Å². The van der Waals surface area contributed by atoms with Crippen LogP contribution in [0.25, 0.3) is 0 Å². The van der Waals surface area contributed by atoms with Crippen LogP contribution in [0.2, 0.25) is 0 Å². The van der Waals surface area contributed by atoms with Crippen molar-refractivity contribution in [2.75, 3.05) is 24.7 Å². The van der Waals surface area contributed by atoms with E-state index in [4.69, 9.17) is 9.47 Å². The Balaban J connectivity index is 2.19. The largest absolute Gasteiger partial charge is 0.465 e. The van der Waals surface area contributed by atoms with Gasteiger partial charge in [-0.25, -0.2) is 0 Å². The molecule has 0 spiro atoms. The molecule has 1 aromatic rings. The number of ether oxygens (including phenoxy) is 2. The van der Waals surface area contributed by atoms with E-state index in [2.05, 4.69) is 4.90 Å². The van der Waals surface area contributed by atoms with E-state index in [1.165, 1.54) is 0 Å². The summed E-state index contributed by atoms with van der Waals surface area (Å²) in [6.45, 7) is 4.85. The molecule has 2 aliphatic heterocycles. The molecule has 0 aliphatic carbocycles. The molecular formula is C17H21NO4. The van der Waals surface area contributed by atoms with Crippen LogP contribution in [0, 0.1) is 0 Å². The van der Waals surface area contributed by atoms with Gasteiger partial charge in [0, 0.05) is 17.8 Å². The van der Waals surface area contributed by atoms with Crippen LogP contribution in [-0.2, 0) is 24.5 Å². The smallest absolute Gasteiger partial charge is 0.330 e. The van der Waals surface area contributed by atoms with Gasteiger partial charge in [0.05, 0.1) is 19.3 Å². The monoisotopic (exact) mass is 303 g/mol. The van der Waals surface area contributed by atoms with Crippen LogP contribution in [0.1, 0.15) is 32.3 Å². The van der Waals surface area contributed by atoms with E-state index in [9.17, 15) is 9.59 Å². The van der Waals surface area contributed by atoms with Crippen LogP contribution in [0.4, 0.5) is 5.69 Å². The van der Waals surface area contributed by atoms with Crippen LogP contribution < -0.4 is 4.90 Å². The first kappa shape index (κ1) is 14.9. The summed E-state index contributed by atoms with van der Waals surface area (Å²) in [7, 11) is 0. The Morgan fingerprint density at radius 3 is 2.45 bits per heavy atom. The normalized spacial score (nSPS) is 21.2. The summed E-state index contributed by atoms with van der Waals surface area (Å²) in [4.78, 5) is 27.8. The number of esters is 2. The molecule has 3 rings (SSSR count). The molecular weight excluding hydrogens is 282 g/mol. The summed E-state index contributed by atoms with van der Waals surface area (Å²) in [6.07, 6.45) is 1.74. The maximum absolute atomic E-state index is 12.8. The number of benzene rings is 1. The number of carbonyl (C=O) groups excluding carboxylic acids is 2. The SMILES string of the molecule is CCOC(=O)C1(C(=O)OCC)c2ccccc2N2CCC[C@H]21. The third-order valence-corrected chi connectivity index (χ3v) is 4.59. The van der Waals surface area contributed by atoms with E-state index in [-0.39, 0.29) is 19.3 Å². The molecule has 22 heavy (non-hydrogen) atoms. The number of rotatable bonds is 4. The lowest BCUT2D eigenvalue weighted by Gasteiger charge is -2.31. The number of nitrogens with zero attached hydrogens (tertiary/aromatic N) is 1. The number of hydrogen-bond acceptors (Lipinski definition) is 5. The van der Waals surface area contributed by atoms with Gasteiger partial charge in [0.2, 0.25) is 5.41 Å². The molecule has 0 unspecified atom stereocenters. The van der Waals surface area contributed by atoms with Crippen LogP contribution >= 0.6 is 0 Å². The highest BCUT2D eigenvalue weighted by Crippen LogP contribution is 2.51. The van der Waals surface area contributed by atoms with Crippen molar-refractivity contribution < 1.29 is 19.1 Å². The van der Waals surface area contributed by atoms with Gasteiger partial charge in [0.15, 0.2) is 0 Å². The number of para-hydroxylation sites is 1. The molecule has 1 aromatic carbocycles. The Morgan fingerprint density at radius 1 is 1.18 bits per heavy atom. The third kappa shape index (κ3) is 1.84. The second kappa shape index (κ2) is 5.63. The summed E-state index contributed by atoms with van der Waals surface area (Å²) in [5, 5.41) is 0. The maximum atomic E-state index is 12.8. The van der Waals surface area contributed by atoms with Gasteiger partial charge in [0.1, 0.15) is 0 Å². The minimum atomic E-state index is -1.35. The van der Waals surface area contributed by atoms with E-state index in [0.717, 1.165) is 30.6 Å². The zero-order chi connectivity index (χ0) is 15.7. The molecule has 118 valence electrons. The molecule has 1 saturated heterocycles. The molecule has 5 nitrogen and oxygen atoms in total. The Kier molecular flexibility index (Phi) is 3.81. The summed E-state index contributed by atoms with van der Waals surface area (Å²) < 4.78 is 10.6. The van der Waals surface area contributed by atoms with Crippen LogP contribution in [0.3, 0.4) is 0 Å². The molecule has 2 heterocycles. The van der Waals surface area contributed by atoms with E-state index in [0.29, 0.717) is 0 Å². The molecule has 1 fully saturated rings. The quantitative estimate of drug-likeness (QED) is 0.629. The standard InChI is InChI=1S/C17H21NO4/c1-3-21-15(19)17(16(20)22-4-2)12-8-5-6-9-13(12)18-11-7-10-14(17)18/h5-6,8-9,14H,3-4,7,10-11H2,1-2H3/t14-/m0/s1. The van der Waals surface area contributed by atoms with Crippen LogP contribution in [0.15, 0.2) is 24.3 Å². The van der Waals surface area contributed by atoms with Gasteiger partial charge in [-0.2, -0.15) is 0 Å². The lowest BCUT2D eigenvalue weighted by molar-refractivity contribution is -0.165. The third-order valence-electron chi connectivity index (χ3n) is 4.59. The lowest BCUT2D eigenvalue weighted by atomic mass is 9.75. The topological polar surface area (TPSA) is 55.8 Å². The van der Waals surface area contributed by atoms with Crippen molar-refractivity contribution in [2.24, 2.45) is 0 Å². The molecule has 0 aromatic heterocycles. The highest BCUT2D eigenvalue weighted by molar-refractivity contribution is 6.11. The Hall–Kier alpha value is -2.04. The lowest BCUT2D eigenvalue weighted by Crippen LogP contribution is -2.54. The molecule has 1 atom stereocenters. The van der Waals surface area contributed by atoms with Gasteiger partial charge < -0.3 is 14.4 Å². The Bertz CT molecular complexity index is 580. The fraction of sp³-hybridized carbons (Fsp3) is 0.529. The molecule has 0 amide bonds. The highest BCUT2D eigenvalue weighted by atomic mass is 16.6. The fourth-order valence-electron chi connectivity index (χ4n) is 3.81. The highest BCUT2D eigenvalue weighted by Gasteiger charge is 2.64. The van der Waals surface area contributed by atoms with Gasteiger partial charge in [-0.1, -0.05) is 18.2 Å². The predicted octanol–water partition coefficient (Wildman–Crippen LogP) is 2.03. The second-order valence-electron chi connectivity index (χ2n) is 5.62. The van der Waals surface area contributed by atoms with Crippen molar-refractivity contribution in [3.05, 3.63) is 29.8 Å². The summed E-state index contributed by atoms with van der Waals surface area (Å²) >= 11 is 0. The minimum Gasteiger partial charge on any atom is -0.465 e. The fourth-order valence-corrected chi connectivity index (χ4v) is 3.81. The summed E-state index contributed by atoms with van der Waals surface area (Å²) in [5.41, 5.74) is 0.321. The van der Waals surface area contributed by atoms with Crippen LogP contribution in [0.5, 0.6) is 0 Å². The number of anilines is 1. The van der Waals surface area contributed by atoms with E-state index in [1.807, 2.05) is 24.3 Å². The summed E-state index contributed by atoms with van der Waals surface area (Å²) in [6, 6.07) is 7.40. The molecule has 0 radical (unpaired) electrons. The maximum Gasteiger partial charge on any atom is 0.330 e. The van der Waals surface area contributed by atoms with E-state index < -0.39 is 17.4 Å². The summed E-state index contributed by atoms with van der Waals surface area (Å²) in [5.74, 6) is -0.981. The van der Waals surface area contributed by atoms with Gasteiger partial charge in [0.25, 0.3) is 0 Å².